The van der Waals surface area contributed by atoms with Crippen LogP contribution in [0.15, 0.2) is 42.5 Å². The van der Waals surface area contributed by atoms with E-state index in [2.05, 4.69) is 5.32 Å². The zero-order valence-electron chi connectivity index (χ0n) is 16.2. The highest BCUT2D eigenvalue weighted by Gasteiger charge is 2.31. The number of rotatable bonds is 9. The Morgan fingerprint density at radius 3 is 2.34 bits per heavy atom. The molecule has 0 saturated heterocycles. The van der Waals surface area contributed by atoms with Gasteiger partial charge in [0.05, 0.1) is 25.6 Å². The molecule has 0 aliphatic heterocycles. The highest BCUT2D eigenvalue weighted by atomic mass is 35.5. The van der Waals surface area contributed by atoms with E-state index in [4.69, 9.17) is 32.7 Å². The number of hydrogen-bond acceptors (Lipinski definition) is 5. The molecule has 158 valence electrons. The first-order chi connectivity index (χ1) is 13.6. The molecule has 7 nitrogen and oxygen atoms in total. The molecular weight excluding hydrogens is 439 g/mol. The number of nitrogens with zero attached hydrogens (tertiary/aromatic N) is 1. The van der Waals surface area contributed by atoms with E-state index < -0.39 is 22.0 Å². The summed E-state index contributed by atoms with van der Waals surface area (Å²) < 4.78 is 36.6. The maximum Gasteiger partial charge on any atom is 0.243 e. The van der Waals surface area contributed by atoms with Gasteiger partial charge in [-0.3, -0.25) is 9.10 Å². The Kier molecular flexibility index (Phi) is 8.01. The van der Waals surface area contributed by atoms with E-state index >= 15 is 0 Å². The second-order valence-electron chi connectivity index (χ2n) is 6.14. The van der Waals surface area contributed by atoms with Crippen LogP contribution in [0.2, 0.25) is 10.0 Å². The average molecular weight is 461 g/mol. The van der Waals surface area contributed by atoms with Gasteiger partial charge in [-0.2, -0.15) is 0 Å². The van der Waals surface area contributed by atoms with Gasteiger partial charge in [0.1, 0.15) is 24.1 Å². The number of carbonyl (C=O) groups excluding carboxylic acids is 1. The van der Waals surface area contributed by atoms with E-state index in [1.54, 1.807) is 36.4 Å². The second-order valence-corrected chi connectivity index (χ2v) is 8.88. The number of anilines is 1. The van der Waals surface area contributed by atoms with E-state index in [0.717, 1.165) is 10.6 Å². The highest BCUT2D eigenvalue weighted by Crippen LogP contribution is 2.34. The predicted octanol–water partition coefficient (Wildman–Crippen LogP) is 3.35. The van der Waals surface area contributed by atoms with Crippen molar-refractivity contribution in [3.8, 4) is 11.5 Å². The maximum atomic E-state index is 12.6. The standard InChI is InChI=1S/C19H22Cl2N2O5S/c1-13(19(24)22-10-11-28-16-7-4-14(20)5-8-16)23(29(3,25)26)17-12-15(21)6-9-18(17)27-2/h4-9,12-13H,10-11H2,1-3H3,(H,22,24)/t13-/m1/s1. The van der Waals surface area contributed by atoms with Gasteiger partial charge >= 0.3 is 0 Å². The summed E-state index contributed by atoms with van der Waals surface area (Å²) in [6.07, 6.45) is 1.01. The third-order valence-electron chi connectivity index (χ3n) is 3.95. The molecule has 0 fully saturated rings. The minimum absolute atomic E-state index is 0.183. The molecule has 0 spiro atoms. The number of sulfonamides is 1. The first kappa shape index (κ1) is 23.1. The van der Waals surface area contributed by atoms with Crippen molar-refractivity contribution >= 4 is 44.8 Å². The van der Waals surface area contributed by atoms with Gasteiger partial charge in [0.2, 0.25) is 15.9 Å². The van der Waals surface area contributed by atoms with Crippen LogP contribution in [-0.2, 0) is 14.8 Å². The molecule has 0 unspecified atom stereocenters. The summed E-state index contributed by atoms with van der Waals surface area (Å²) >= 11 is 11.8. The summed E-state index contributed by atoms with van der Waals surface area (Å²) in [4.78, 5) is 12.6. The van der Waals surface area contributed by atoms with E-state index in [1.807, 2.05) is 0 Å². The average Bonchev–Trinajstić information content (AvgIpc) is 2.65. The topological polar surface area (TPSA) is 84.9 Å². The van der Waals surface area contributed by atoms with Gasteiger partial charge in [0, 0.05) is 10.0 Å². The quantitative estimate of drug-likeness (QED) is 0.579. The van der Waals surface area contributed by atoms with Crippen molar-refractivity contribution in [3.05, 3.63) is 52.5 Å². The molecule has 0 aliphatic carbocycles. The van der Waals surface area contributed by atoms with E-state index in [1.165, 1.54) is 20.1 Å². The molecule has 0 aliphatic rings. The largest absolute Gasteiger partial charge is 0.495 e. The van der Waals surface area contributed by atoms with Gasteiger partial charge in [-0.25, -0.2) is 8.42 Å². The SMILES string of the molecule is COc1ccc(Cl)cc1N([C@H](C)C(=O)NCCOc1ccc(Cl)cc1)S(C)(=O)=O. The minimum atomic E-state index is -3.80. The van der Waals surface area contributed by atoms with Crippen LogP contribution in [0, 0.1) is 0 Å². The number of methoxy groups -OCH3 is 1. The normalized spacial score (nSPS) is 12.2. The number of halogens is 2. The lowest BCUT2D eigenvalue weighted by molar-refractivity contribution is -0.121. The fourth-order valence-corrected chi connectivity index (χ4v) is 4.10. The van der Waals surface area contributed by atoms with Gasteiger partial charge in [-0.05, 0) is 49.4 Å². The molecule has 2 aromatic rings. The molecule has 0 heterocycles. The van der Waals surface area contributed by atoms with Crippen LogP contribution < -0.4 is 19.1 Å². The third kappa shape index (κ3) is 6.42. The number of ether oxygens (including phenoxy) is 2. The zero-order valence-corrected chi connectivity index (χ0v) is 18.5. The van der Waals surface area contributed by atoms with E-state index in [0.29, 0.717) is 15.8 Å². The zero-order chi connectivity index (χ0) is 21.6. The second kappa shape index (κ2) is 10.0. The van der Waals surface area contributed by atoms with E-state index in [9.17, 15) is 13.2 Å². The van der Waals surface area contributed by atoms with Crippen molar-refractivity contribution in [2.75, 3.05) is 30.8 Å². The summed E-state index contributed by atoms with van der Waals surface area (Å²) in [6.45, 7) is 1.88. The summed E-state index contributed by atoms with van der Waals surface area (Å²) in [6, 6.07) is 10.3. The van der Waals surface area contributed by atoms with E-state index in [-0.39, 0.29) is 24.6 Å². The Morgan fingerprint density at radius 1 is 1.14 bits per heavy atom. The predicted molar refractivity (Wildman–Crippen MR) is 115 cm³/mol. The molecule has 29 heavy (non-hydrogen) atoms. The number of nitrogens with one attached hydrogen (secondary N) is 1. The van der Waals surface area contributed by atoms with Crippen LogP contribution in [0.4, 0.5) is 5.69 Å². The molecule has 0 radical (unpaired) electrons. The first-order valence-electron chi connectivity index (χ1n) is 8.62. The lowest BCUT2D eigenvalue weighted by Crippen LogP contribution is -2.48. The van der Waals surface area contributed by atoms with Crippen molar-refractivity contribution in [2.24, 2.45) is 0 Å². The number of benzene rings is 2. The summed E-state index contributed by atoms with van der Waals surface area (Å²) in [5.74, 6) is 0.404. The molecule has 1 amide bonds. The van der Waals surface area contributed by atoms with Gasteiger partial charge < -0.3 is 14.8 Å². The van der Waals surface area contributed by atoms with Gasteiger partial charge in [-0.15, -0.1) is 0 Å². The minimum Gasteiger partial charge on any atom is -0.495 e. The van der Waals surface area contributed by atoms with Crippen molar-refractivity contribution in [3.63, 3.8) is 0 Å². The maximum absolute atomic E-state index is 12.6. The Labute approximate surface area is 180 Å². The third-order valence-corrected chi connectivity index (χ3v) is 5.67. The van der Waals surface area contributed by atoms with Crippen LogP contribution in [0.3, 0.4) is 0 Å². The Morgan fingerprint density at radius 2 is 1.76 bits per heavy atom. The summed E-state index contributed by atoms with van der Waals surface area (Å²) in [5, 5.41) is 3.58. The molecule has 10 heteroatoms. The van der Waals surface area contributed by atoms with Crippen LogP contribution in [0.1, 0.15) is 6.92 Å². The number of amides is 1. The van der Waals surface area contributed by atoms with Gasteiger partial charge in [0.15, 0.2) is 0 Å². The monoisotopic (exact) mass is 460 g/mol. The lowest BCUT2D eigenvalue weighted by Gasteiger charge is -2.29. The lowest BCUT2D eigenvalue weighted by atomic mass is 10.2. The smallest absolute Gasteiger partial charge is 0.243 e. The molecule has 0 bridgehead atoms. The number of carbonyl (C=O) groups is 1. The molecule has 2 aromatic carbocycles. The van der Waals surface area contributed by atoms with Crippen molar-refractivity contribution < 1.29 is 22.7 Å². The molecular formula is C19H22Cl2N2O5S. The van der Waals surface area contributed by atoms with Crippen LogP contribution in [0.5, 0.6) is 11.5 Å². The fourth-order valence-electron chi connectivity index (χ4n) is 2.64. The van der Waals surface area contributed by atoms with Crippen LogP contribution >= 0.6 is 23.2 Å². The van der Waals surface area contributed by atoms with Crippen molar-refractivity contribution in [1.29, 1.82) is 0 Å². The molecule has 2 rings (SSSR count). The van der Waals surface area contributed by atoms with Gasteiger partial charge in [-0.1, -0.05) is 23.2 Å². The molecule has 1 atom stereocenters. The molecule has 1 N–H and O–H groups in total. The summed E-state index contributed by atoms with van der Waals surface area (Å²) in [7, 11) is -2.39. The van der Waals surface area contributed by atoms with Gasteiger partial charge in [0.25, 0.3) is 0 Å². The molecule has 0 aromatic heterocycles. The highest BCUT2D eigenvalue weighted by molar-refractivity contribution is 7.92. The Balaban J connectivity index is 2.07. The Bertz CT molecular complexity index is 952. The van der Waals surface area contributed by atoms with Crippen molar-refractivity contribution in [1.82, 2.24) is 5.32 Å². The van der Waals surface area contributed by atoms with Crippen LogP contribution in [-0.4, -0.2) is 46.9 Å². The van der Waals surface area contributed by atoms with Crippen LogP contribution in [0.25, 0.3) is 0 Å². The first-order valence-corrected chi connectivity index (χ1v) is 11.2. The molecule has 0 saturated carbocycles. The fraction of sp³-hybridized carbons (Fsp3) is 0.316. The number of hydrogen-bond donors (Lipinski definition) is 1. The summed E-state index contributed by atoms with van der Waals surface area (Å²) in [5.41, 5.74) is 0.183. The van der Waals surface area contributed by atoms with Crippen molar-refractivity contribution in [2.45, 2.75) is 13.0 Å². The Hall–Kier alpha value is -2.16.